The Morgan fingerprint density at radius 3 is 3.00 bits per heavy atom. The van der Waals surface area contributed by atoms with Gasteiger partial charge in [-0.15, -0.1) is 0 Å². The van der Waals surface area contributed by atoms with E-state index in [1.54, 1.807) is 0 Å². The minimum Gasteiger partial charge on any atom is -0.368 e. The minimum absolute atomic E-state index is 0.295. The van der Waals surface area contributed by atoms with Gasteiger partial charge < -0.3 is 4.90 Å². The van der Waals surface area contributed by atoms with E-state index in [1.807, 2.05) is 4.90 Å². The number of anilines is 1. The van der Waals surface area contributed by atoms with Gasteiger partial charge in [0.05, 0.1) is 0 Å². The maximum absolute atomic E-state index is 12.8. The van der Waals surface area contributed by atoms with E-state index in [0.717, 1.165) is 0 Å². The predicted molar refractivity (Wildman–Crippen MR) is 47.0 cm³/mol. The Kier molecular flexibility index (Phi) is 2.17. The Morgan fingerprint density at radius 2 is 2.38 bits per heavy atom. The highest BCUT2D eigenvalue weighted by atomic mass is 19.1. The van der Waals surface area contributed by atoms with Gasteiger partial charge in [0.1, 0.15) is 12.0 Å². The van der Waals surface area contributed by atoms with E-state index in [2.05, 4.69) is 6.07 Å². The maximum Gasteiger partial charge on any atom is 0.125 e. The second kappa shape index (κ2) is 3.32. The molecular weight excluding hydrogens is 172 g/mol. The van der Waals surface area contributed by atoms with Gasteiger partial charge in [0, 0.05) is 24.8 Å². The summed E-state index contributed by atoms with van der Waals surface area (Å²) in [5.74, 6) is -0.295. The van der Waals surface area contributed by atoms with E-state index in [-0.39, 0.29) is 5.82 Å². The van der Waals surface area contributed by atoms with Crippen molar-refractivity contribution in [2.45, 2.75) is 12.6 Å². The Morgan fingerprint density at radius 1 is 1.54 bits per heavy atom. The van der Waals surface area contributed by atoms with Crippen molar-refractivity contribution in [2.24, 2.45) is 0 Å². The molecule has 13 heavy (non-hydrogen) atoms. The van der Waals surface area contributed by atoms with Crippen LogP contribution in [-0.2, 0) is 0 Å². The van der Waals surface area contributed by atoms with Gasteiger partial charge in [-0.1, -0.05) is 0 Å². The molecule has 0 bridgehead atoms. The van der Waals surface area contributed by atoms with Gasteiger partial charge in [0.15, 0.2) is 0 Å². The molecule has 0 aromatic heterocycles. The van der Waals surface area contributed by atoms with Gasteiger partial charge in [-0.05, 0) is 24.6 Å². The van der Waals surface area contributed by atoms with E-state index >= 15 is 0 Å². The number of alkyl halides is 1. The third-order valence-corrected chi connectivity index (χ3v) is 2.22. The lowest BCUT2D eigenvalue weighted by molar-refractivity contribution is 0.364. The zero-order chi connectivity index (χ0) is 9.26. The monoisotopic (exact) mass is 182 g/mol. The predicted octanol–water partition coefficient (Wildman–Crippen LogP) is 2.17. The van der Waals surface area contributed by atoms with Gasteiger partial charge >= 0.3 is 0 Å². The Labute approximate surface area is 76.0 Å². The molecule has 1 aliphatic rings. The van der Waals surface area contributed by atoms with Crippen molar-refractivity contribution in [3.05, 3.63) is 30.1 Å². The van der Waals surface area contributed by atoms with Crippen molar-refractivity contribution in [3.8, 4) is 0 Å². The van der Waals surface area contributed by atoms with Gasteiger partial charge in [0.25, 0.3) is 0 Å². The summed E-state index contributed by atoms with van der Waals surface area (Å²) in [7, 11) is 0. The highest BCUT2D eigenvalue weighted by Crippen LogP contribution is 2.21. The molecule has 1 heterocycles. The van der Waals surface area contributed by atoms with Crippen LogP contribution < -0.4 is 4.90 Å². The molecule has 2 rings (SSSR count). The molecule has 1 saturated heterocycles. The fraction of sp³-hybridized carbons (Fsp3) is 0.400. The summed E-state index contributed by atoms with van der Waals surface area (Å²) in [6.07, 6.45) is -0.249. The largest absolute Gasteiger partial charge is 0.368 e. The van der Waals surface area contributed by atoms with Crippen molar-refractivity contribution < 1.29 is 8.78 Å². The quantitative estimate of drug-likeness (QED) is 0.643. The summed E-state index contributed by atoms with van der Waals surface area (Å²) in [5, 5.41) is 0. The van der Waals surface area contributed by atoms with Crippen LogP contribution in [0.25, 0.3) is 0 Å². The van der Waals surface area contributed by atoms with Gasteiger partial charge in [-0.25, -0.2) is 8.78 Å². The summed E-state index contributed by atoms with van der Waals surface area (Å²) < 4.78 is 25.6. The molecule has 1 nitrogen and oxygen atoms in total. The van der Waals surface area contributed by atoms with Crippen LogP contribution in [0.15, 0.2) is 18.2 Å². The first kappa shape index (κ1) is 8.48. The first-order chi connectivity index (χ1) is 6.25. The highest BCUT2D eigenvalue weighted by molar-refractivity contribution is 5.46. The van der Waals surface area contributed by atoms with E-state index in [4.69, 9.17) is 0 Å². The van der Waals surface area contributed by atoms with Crippen LogP contribution in [0.4, 0.5) is 14.5 Å². The minimum atomic E-state index is -0.781. The second-order valence-electron chi connectivity index (χ2n) is 3.22. The lowest BCUT2D eigenvalue weighted by atomic mass is 10.3. The van der Waals surface area contributed by atoms with Crippen molar-refractivity contribution in [1.82, 2.24) is 0 Å². The number of rotatable bonds is 1. The molecule has 1 aromatic carbocycles. The second-order valence-corrected chi connectivity index (χ2v) is 3.22. The molecule has 0 aliphatic carbocycles. The van der Waals surface area contributed by atoms with Crippen molar-refractivity contribution in [2.75, 3.05) is 18.0 Å². The molecular formula is C10H10F2N. The molecule has 3 heteroatoms. The van der Waals surface area contributed by atoms with Crippen molar-refractivity contribution in [3.63, 3.8) is 0 Å². The van der Waals surface area contributed by atoms with E-state index in [9.17, 15) is 8.78 Å². The fourth-order valence-corrected chi connectivity index (χ4v) is 1.55. The van der Waals surface area contributed by atoms with Crippen molar-refractivity contribution >= 4 is 5.69 Å². The maximum atomic E-state index is 12.8. The summed E-state index contributed by atoms with van der Waals surface area (Å²) in [4.78, 5) is 1.81. The Bertz CT molecular complexity index is 301. The van der Waals surface area contributed by atoms with Gasteiger partial charge in [-0.2, -0.15) is 0 Å². The Balaban J connectivity index is 2.16. The number of halogens is 2. The number of hydrogen-bond acceptors (Lipinski definition) is 1. The smallest absolute Gasteiger partial charge is 0.125 e. The Hall–Kier alpha value is -1.12. The molecule has 1 aromatic rings. The fourth-order valence-electron chi connectivity index (χ4n) is 1.55. The normalized spacial score (nSPS) is 22.3. The molecule has 0 spiro atoms. The summed E-state index contributed by atoms with van der Waals surface area (Å²) in [6.45, 7) is 1.01. The van der Waals surface area contributed by atoms with Crippen LogP contribution in [-0.4, -0.2) is 19.3 Å². The van der Waals surface area contributed by atoms with Gasteiger partial charge in [-0.3, -0.25) is 0 Å². The van der Waals surface area contributed by atoms with Crippen LogP contribution in [0.1, 0.15) is 6.42 Å². The summed E-state index contributed by atoms with van der Waals surface area (Å²) in [6, 6.07) is 7.14. The zero-order valence-corrected chi connectivity index (χ0v) is 7.13. The lowest BCUT2D eigenvalue weighted by Gasteiger charge is -2.16. The van der Waals surface area contributed by atoms with E-state index < -0.39 is 6.17 Å². The first-order valence-corrected chi connectivity index (χ1v) is 4.32. The summed E-state index contributed by atoms with van der Waals surface area (Å²) >= 11 is 0. The lowest BCUT2D eigenvalue weighted by Crippen LogP contribution is -2.19. The molecule has 0 amide bonds. The van der Waals surface area contributed by atoms with Crippen LogP contribution >= 0.6 is 0 Å². The molecule has 1 aliphatic heterocycles. The average Bonchev–Trinajstić information content (AvgIpc) is 2.52. The molecule has 0 N–H and O–H groups in total. The molecule has 0 saturated carbocycles. The standard InChI is InChI=1S/C10H10F2N/c11-8-2-1-3-10(6-8)13-5-4-9(12)7-13/h1-2,6,9H,4-5,7H2/t9-/m1/s1. The van der Waals surface area contributed by atoms with Crippen LogP contribution in [0.2, 0.25) is 0 Å². The number of benzene rings is 1. The first-order valence-electron chi connectivity index (χ1n) is 4.32. The molecule has 1 fully saturated rings. The van der Waals surface area contributed by atoms with Gasteiger partial charge in [0.2, 0.25) is 0 Å². The van der Waals surface area contributed by atoms with E-state index in [0.29, 0.717) is 25.2 Å². The molecule has 1 atom stereocenters. The van der Waals surface area contributed by atoms with Crippen LogP contribution in [0.3, 0.4) is 0 Å². The molecule has 69 valence electrons. The number of hydrogen-bond donors (Lipinski definition) is 0. The number of nitrogens with zero attached hydrogens (tertiary/aromatic N) is 1. The summed E-state index contributed by atoms with van der Waals surface area (Å²) in [5.41, 5.74) is 0.653. The topological polar surface area (TPSA) is 3.24 Å². The van der Waals surface area contributed by atoms with E-state index in [1.165, 1.54) is 18.2 Å². The highest BCUT2D eigenvalue weighted by Gasteiger charge is 2.21. The van der Waals surface area contributed by atoms with Crippen molar-refractivity contribution in [1.29, 1.82) is 0 Å². The molecule has 0 unspecified atom stereocenters. The van der Waals surface area contributed by atoms with Crippen LogP contribution in [0.5, 0.6) is 0 Å². The molecule has 1 radical (unpaired) electrons. The third-order valence-electron chi connectivity index (χ3n) is 2.22. The zero-order valence-electron chi connectivity index (χ0n) is 7.13. The van der Waals surface area contributed by atoms with Crippen LogP contribution in [0, 0.1) is 11.9 Å². The SMILES string of the molecule is Fc1cc[c]c(N2CC[C@@H](F)C2)c1. The average molecular weight is 182 g/mol. The third kappa shape index (κ3) is 1.79.